The molecule has 7 nitrogen and oxygen atoms in total. The quantitative estimate of drug-likeness (QED) is 0.499. The average molecular weight is 364 g/mol. The van der Waals surface area contributed by atoms with Crippen molar-refractivity contribution < 1.29 is 28.0 Å². The molecule has 136 valence electrons. The van der Waals surface area contributed by atoms with E-state index in [0.29, 0.717) is 11.1 Å². The number of amides is 1. The number of carbonyl (C=O) groups is 2. The van der Waals surface area contributed by atoms with Crippen LogP contribution in [0.1, 0.15) is 21.5 Å². The lowest BCUT2D eigenvalue weighted by Crippen LogP contribution is -2.23. The monoisotopic (exact) mass is 364 g/mol. The number of nitrogens with zero attached hydrogens (tertiary/aromatic N) is 1. The van der Waals surface area contributed by atoms with Crippen molar-refractivity contribution in [1.29, 1.82) is 0 Å². The highest BCUT2D eigenvalue weighted by Crippen LogP contribution is 2.30. The van der Waals surface area contributed by atoms with Gasteiger partial charge >= 0.3 is 5.97 Å². The number of benzene rings is 2. The maximum Gasteiger partial charge on any atom is 0.344 e. The largest absolute Gasteiger partial charge is 0.452 e. The molecule has 0 aliphatic rings. The number of nitro benzene ring substituents is 1. The van der Waals surface area contributed by atoms with Gasteiger partial charge in [0.15, 0.2) is 6.61 Å². The van der Waals surface area contributed by atoms with Crippen LogP contribution in [0, 0.1) is 35.6 Å². The summed E-state index contributed by atoms with van der Waals surface area (Å²) in [6.45, 7) is 2.42. The van der Waals surface area contributed by atoms with Gasteiger partial charge in [0, 0.05) is 6.07 Å². The number of nitrogens with one attached hydrogen (secondary N) is 1. The van der Waals surface area contributed by atoms with Crippen LogP contribution in [-0.2, 0) is 9.53 Å². The molecule has 26 heavy (non-hydrogen) atoms. The number of aryl methyl sites for hydroxylation is 1. The van der Waals surface area contributed by atoms with Gasteiger partial charge in [0.1, 0.15) is 22.9 Å². The molecule has 0 heterocycles. The molecule has 1 N–H and O–H groups in total. The SMILES string of the molecule is Cc1ccc([N+](=O)[O-])c(NC(=O)COC(=O)c2c(F)cccc2F)c1C. The van der Waals surface area contributed by atoms with E-state index in [9.17, 15) is 28.5 Å². The summed E-state index contributed by atoms with van der Waals surface area (Å²) in [5.74, 6) is -4.49. The van der Waals surface area contributed by atoms with Crippen molar-refractivity contribution in [2.24, 2.45) is 0 Å². The number of halogens is 2. The van der Waals surface area contributed by atoms with Crippen LogP contribution >= 0.6 is 0 Å². The third-order valence-electron chi connectivity index (χ3n) is 3.68. The lowest BCUT2D eigenvalue weighted by atomic mass is 10.1. The molecule has 2 rings (SSSR count). The Morgan fingerprint density at radius 1 is 1.15 bits per heavy atom. The Labute approximate surface area is 146 Å². The summed E-state index contributed by atoms with van der Waals surface area (Å²) in [4.78, 5) is 34.1. The predicted octanol–water partition coefficient (Wildman–Crippen LogP) is 3.29. The molecule has 0 aliphatic carbocycles. The Morgan fingerprint density at radius 3 is 2.35 bits per heavy atom. The first-order valence-corrected chi connectivity index (χ1v) is 7.38. The maximum atomic E-state index is 13.5. The van der Waals surface area contributed by atoms with Crippen molar-refractivity contribution in [2.75, 3.05) is 11.9 Å². The summed E-state index contributed by atoms with van der Waals surface area (Å²) in [5, 5.41) is 13.4. The fraction of sp³-hybridized carbons (Fsp3) is 0.176. The number of esters is 1. The smallest absolute Gasteiger partial charge is 0.344 e. The Balaban J connectivity index is 2.12. The zero-order chi connectivity index (χ0) is 19.4. The number of hydrogen-bond donors (Lipinski definition) is 1. The Bertz CT molecular complexity index is 879. The van der Waals surface area contributed by atoms with Gasteiger partial charge in [-0.15, -0.1) is 0 Å². The van der Waals surface area contributed by atoms with Crippen molar-refractivity contribution in [3.8, 4) is 0 Å². The topological polar surface area (TPSA) is 98.5 Å². The molecule has 2 aromatic rings. The van der Waals surface area contributed by atoms with E-state index in [1.54, 1.807) is 13.8 Å². The van der Waals surface area contributed by atoms with Crippen LogP contribution in [0.2, 0.25) is 0 Å². The van der Waals surface area contributed by atoms with Gasteiger partial charge in [-0.2, -0.15) is 0 Å². The van der Waals surface area contributed by atoms with Gasteiger partial charge in [0.25, 0.3) is 11.6 Å². The van der Waals surface area contributed by atoms with Crippen molar-refractivity contribution in [1.82, 2.24) is 0 Å². The molecule has 0 unspecified atom stereocenters. The zero-order valence-electron chi connectivity index (χ0n) is 13.8. The van der Waals surface area contributed by atoms with E-state index >= 15 is 0 Å². The summed E-state index contributed by atoms with van der Waals surface area (Å²) in [6, 6.07) is 5.59. The second kappa shape index (κ2) is 7.68. The normalized spacial score (nSPS) is 10.3. The molecule has 0 atom stereocenters. The van der Waals surface area contributed by atoms with E-state index < -0.39 is 40.6 Å². The van der Waals surface area contributed by atoms with E-state index in [0.717, 1.165) is 18.2 Å². The molecule has 1 amide bonds. The lowest BCUT2D eigenvalue weighted by Gasteiger charge is -2.11. The van der Waals surface area contributed by atoms with Crippen LogP contribution in [0.15, 0.2) is 30.3 Å². The van der Waals surface area contributed by atoms with E-state index in [2.05, 4.69) is 10.1 Å². The second-order valence-corrected chi connectivity index (χ2v) is 5.38. The van der Waals surface area contributed by atoms with Gasteiger partial charge < -0.3 is 10.1 Å². The van der Waals surface area contributed by atoms with Crippen LogP contribution < -0.4 is 5.32 Å². The minimum Gasteiger partial charge on any atom is -0.452 e. The van der Waals surface area contributed by atoms with Gasteiger partial charge in [-0.3, -0.25) is 14.9 Å². The highest BCUT2D eigenvalue weighted by atomic mass is 19.1. The Morgan fingerprint density at radius 2 is 1.77 bits per heavy atom. The van der Waals surface area contributed by atoms with Gasteiger partial charge in [-0.05, 0) is 37.1 Å². The molecule has 2 aromatic carbocycles. The minimum absolute atomic E-state index is 0.0341. The van der Waals surface area contributed by atoms with Crippen LogP contribution in [0.25, 0.3) is 0 Å². The first-order chi connectivity index (χ1) is 12.2. The minimum atomic E-state index is -1.36. The first kappa shape index (κ1) is 19.0. The molecule has 0 aliphatic heterocycles. The predicted molar refractivity (Wildman–Crippen MR) is 87.8 cm³/mol. The summed E-state index contributed by atoms with van der Waals surface area (Å²) < 4.78 is 31.6. The van der Waals surface area contributed by atoms with Crippen molar-refractivity contribution in [3.05, 3.63) is 68.8 Å². The summed E-state index contributed by atoms with van der Waals surface area (Å²) in [5.41, 5.74) is -0.102. The van der Waals surface area contributed by atoms with Crippen LogP contribution in [-0.4, -0.2) is 23.4 Å². The van der Waals surface area contributed by atoms with Crippen LogP contribution in [0.5, 0.6) is 0 Å². The van der Waals surface area contributed by atoms with E-state index in [4.69, 9.17) is 0 Å². The summed E-state index contributed by atoms with van der Waals surface area (Å²) in [7, 11) is 0. The number of rotatable bonds is 5. The number of hydrogen-bond acceptors (Lipinski definition) is 5. The third-order valence-corrected chi connectivity index (χ3v) is 3.68. The van der Waals surface area contributed by atoms with Crippen molar-refractivity contribution >= 4 is 23.3 Å². The van der Waals surface area contributed by atoms with E-state index in [1.807, 2.05) is 0 Å². The van der Waals surface area contributed by atoms with Gasteiger partial charge in [0.05, 0.1) is 4.92 Å². The molecule has 0 saturated carbocycles. The summed E-state index contributed by atoms with van der Waals surface area (Å²) >= 11 is 0. The molecule has 0 bridgehead atoms. The number of ether oxygens (including phenoxy) is 1. The van der Waals surface area contributed by atoms with Gasteiger partial charge in [0.2, 0.25) is 0 Å². The molecule has 0 saturated heterocycles. The van der Waals surface area contributed by atoms with Gasteiger partial charge in [-0.1, -0.05) is 12.1 Å². The van der Waals surface area contributed by atoms with Crippen molar-refractivity contribution in [2.45, 2.75) is 13.8 Å². The lowest BCUT2D eigenvalue weighted by molar-refractivity contribution is -0.384. The third kappa shape index (κ3) is 4.00. The molecule has 0 spiro atoms. The molecule has 0 fully saturated rings. The molecule has 0 aromatic heterocycles. The van der Waals surface area contributed by atoms with Crippen molar-refractivity contribution in [3.63, 3.8) is 0 Å². The van der Waals surface area contributed by atoms with E-state index in [-0.39, 0.29) is 11.4 Å². The van der Waals surface area contributed by atoms with Crippen LogP contribution in [0.3, 0.4) is 0 Å². The molecule has 0 radical (unpaired) electrons. The van der Waals surface area contributed by atoms with Crippen LogP contribution in [0.4, 0.5) is 20.2 Å². The summed E-state index contributed by atoms with van der Waals surface area (Å²) in [6.07, 6.45) is 0. The zero-order valence-corrected chi connectivity index (χ0v) is 13.8. The number of nitro groups is 1. The molecule has 9 heteroatoms. The Hall–Kier alpha value is -3.36. The highest BCUT2D eigenvalue weighted by Gasteiger charge is 2.22. The maximum absolute atomic E-state index is 13.5. The number of anilines is 1. The Kier molecular flexibility index (Phi) is 5.61. The van der Waals surface area contributed by atoms with Gasteiger partial charge in [-0.25, -0.2) is 13.6 Å². The van der Waals surface area contributed by atoms with E-state index in [1.165, 1.54) is 12.1 Å². The highest BCUT2D eigenvalue weighted by molar-refractivity contribution is 5.97. The number of carbonyl (C=O) groups excluding carboxylic acids is 2. The molecular formula is C17H14F2N2O5. The molecular weight excluding hydrogens is 350 g/mol. The standard InChI is InChI=1S/C17H14F2N2O5/c1-9-6-7-13(21(24)25)16(10(9)2)20-14(22)8-26-17(23)15-11(18)4-3-5-12(15)19/h3-7H,8H2,1-2H3,(H,20,22). The fourth-order valence-electron chi connectivity index (χ4n) is 2.18. The average Bonchev–Trinajstić information content (AvgIpc) is 2.57. The second-order valence-electron chi connectivity index (χ2n) is 5.38. The fourth-order valence-corrected chi connectivity index (χ4v) is 2.18. The first-order valence-electron chi connectivity index (χ1n) is 7.38.